The Morgan fingerprint density at radius 2 is 2.27 bits per heavy atom. The number of aryl methyl sites for hydroxylation is 1. The van der Waals surface area contributed by atoms with E-state index in [9.17, 15) is 0 Å². The molecule has 1 unspecified atom stereocenters. The predicted octanol–water partition coefficient (Wildman–Crippen LogP) is 0.963. The Morgan fingerprint density at radius 1 is 1.60 bits per heavy atom. The van der Waals surface area contributed by atoms with E-state index in [2.05, 4.69) is 16.0 Å². The van der Waals surface area contributed by atoms with Crippen LogP contribution in [-0.4, -0.2) is 23.6 Å². The summed E-state index contributed by atoms with van der Waals surface area (Å²) in [6.07, 6.45) is 0. The van der Waals surface area contributed by atoms with Gasteiger partial charge in [0.15, 0.2) is 0 Å². The van der Waals surface area contributed by atoms with E-state index < -0.39 is 0 Å². The zero-order valence-corrected chi connectivity index (χ0v) is 9.23. The molecule has 0 bridgehead atoms. The Bertz CT molecular complexity index is 362. The van der Waals surface area contributed by atoms with Gasteiger partial charge < -0.3 is 10.6 Å². The predicted molar refractivity (Wildman–Crippen MR) is 59.2 cm³/mol. The standard InChI is InChI=1S/C10H15N5/c1-7(5-11)6-15(3)9-4-8(2)13-10(12)14-9/h4,7H,6H2,1-3H3,(H2,12,13,14). The molecular weight excluding hydrogens is 190 g/mol. The van der Waals surface area contributed by atoms with E-state index in [4.69, 9.17) is 11.0 Å². The Labute approximate surface area is 89.6 Å². The molecule has 0 saturated heterocycles. The molecule has 0 aliphatic rings. The van der Waals surface area contributed by atoms with E-state index in [1.54, 1.807) is 0 Å². The zero-order valence-electron chi connectivity index (χ0n) is 9.23. The minimum absolute atomic E-state index is 0.0357. The molecule has 0 aliphatic carbocycles. The van der Waals surface area contributed by atoms with Gasteiger partial charge in [-0.05, 0) is 13.8 Å². The molecule has 80 valence electrons. The maximum Gasteiger partial charge on any atom is 0.222 e. The Hall–Kier alpha value is -1.83. The summed E-state index contributed by atoms with van der Waals surface area (Å²) in [7, 11) is 1.88. The zero-order chi connectivity index (χ0) is 11.4. The van der Waals surface area contributed by atoms with Gasteiger partial charge in [0, 0.05) is 25.4 Å². The molecule has 0 radical (unpaired) electrons. The van der Waals surface area contributed by atoms with Crippen LogP contribution in [0.1, 0.15) is 12.6 Å². The van der Waals surface area contributed by atoms with Crippen LogP contribution in [0.3, 0.4) is 0 Å². The Morgan fingerprint density at radius 3 is 2.80 bits per heavy atom. The van der Waals surface area contributed by atoms with Crippen molar-refractivity contribution in [2.75, 3.05) is 24.2 Å². The summed E-state index contributed by atoms with van der Waals surface area (Å²) in [5.41, 5.74) is 6.37. The van der Waals surface area contributed by atoms with Gasteiger partial charge in [-0.1, -0.05) is 0 Å². The van der Waals surface area contributed by atoms with E-state index >= 15 is 0 Å². The van der Waals surface area contributed by atoms with Crippen molar-refractivity contribution in [3.8, 4) is 6.07 Å². The van der Waals surface area contributed by atoms with Crippen LogP contribution >= 0.6 is 0 Å². The van der Waals surface area contributed by atoms with Gasteiger partial charge in [0.25, 0.3) is 0 Å². The molecule has 15 heavy (non-hydrogen) atoms. The van der Waals surface area contributed by atoms with Gasteiger partial charge in [-0.3, -0.25) is 0 Å². The first kappa shape index (κ1) is 11.2. The van der Waals surface area contributed by atoms with Crippen LogP contribution in [0, 0.1) is 24.2 Å². The van der Waals surface area contributed by atoms with E-state index in [1.165, 1.54) is 0 Å². The van der Waals surface area contributed by atoms with Crippen molar-refractivity contribution in [1.82, 2.24) is 9.97 Å². The number of rotatable bonds is 3. The number of aromatic nitrogens is 2. The highest BCUT2D eigenvalue weighted by molar-refractivity contribution is 5.42. The first-order valence-electron chi connectivity index (χ1n) is 4.75. The minimum Gasteiger partial charge on any atom is -0.368 e. The third-order valence-electron chi connectivity index (χ3n) is 2.02. The van der Waals surface area contributed by atoms with Crippen molar-refractivity contribution in [1.29, 1.82) is 5.26 Å². The van der Waals surface area contributed by atoms with E-state index in [0.29, 0.717) is 6.54 Å². The second-order valence-corrected chi connectivity index (χ2v) is 3.64. The average molecular weight is 205 g/mol. The fourth-order valence-electron chi connectivity index (χ4n) is 1.32. The average Bonchev–Trinajstić information content (AvgIpc) is 2.16. The van der Waals surface area contributed by atoms with Gasteiger partial charge in [0.2, 0.25) is 5.95 Å². The third kappa shape index (κ3) is 3.09. The van der Waals surface area contributed by atoms with Crippen LogP contribution in [0.25, 0.3) is 0 Å². The van der Waals surface area contributed by atoms with Gasteiger partial charge >= 0.3 is 0 Å². The number of nitrogen functional groups attached to an aromatic ring is 1. The SMILES string of the molecule is Cc1cc(N(C)CC(C)C#N)nc(N)n1. The summed E-state index contributed by atoms with van der Waals surface area (Å²) < 4.78 is 0. The number of nitriles is 1. The highest BCUT2D eigenvalue weighted by atomic mass is 15.2. The lowest BCUT2D eigenvalue weighted by atomic mass is 10.2. The molecule has 5 heteroatoms. The van der Waals surface area contributed by atoms with Gasteiger partial charge in [-0.15, -0.1) is 0 Å². The summed E-state index contributed by atoms with van der Waals surface area (Å²) in [6, 6.07) is 4.03. The van der Waals surface area contributed by atoms with Gasteiger partial charge in [0.05, 0.1) is 12.0 Å². The molecular formula is C10H15N5. The van der Waals surface area contributed by atoms with E-state index in [1.807, 2.05) is 31.9 Å². The lowest BCUT2D eigenvalue weighted by molar-refractivity contribution is 0.709. The number of anilines is 2. The normalized spacial score (nSPS) is 11.9. The number of nitrogens with two attached hydrogens (primary N) is 1. The maximum atomic E-state index is 8.71. The van der Waals surface area contributed by atoms with E-state index in [0.717, 1.165) is 11.5 Å². The van der Waals surface area contributed by atoms with Gasteiger partial charge in [0.1, 0.15) is 5.82 Å². The van der Waals surface area contributed by atoms with Crippen molar-refractivity contribution in [3.05, 3.63) is 11.8 Å². The summed E-state index contributed by atoms with van der Waals surface area (Å²) >= 11 is 0. The molecule has 0 saturated carbocycles. The van der Waals surface area contributed by atoms with Crippen LogP contribution in [0.2, 0.25) is 0 Å². The lowest BCUT2D eigenvalue weighted by Crippen LogP contribution is -2.24. The molecule has 0 fully saturated rings. The highest BCUT2D eigenvalue weighted by Gasteiger charge is 2.08. The molecule has 0 spiro atoms. The van der Waals surface area contributed by atoms with Crippen LogP contribution in [0.4, 0.5) is 11.8 Å². The van der Waals surface area contributed by atoms with Crippen LogP contribution in [0.15, 0.2) is 6.07 Å². The highest BCUT2D eigenvalue weighted by Crippen LogP contribution is 2.12. The molecule has 0 amide bonds. The largest absolute Gasteiger partial charge is 0.368 e. The fourth-order valence-corrected chi connectivity index (χ4v) is 1.32. The Kier molecular flexibility index (Phi) is 3.45. The third-order valence-corrected chi connectivity index (χ3v) is 2.02. The van der Waals surface area contributed by atoms with Crippen LogP contribution < -0.4 is 10.6 Å². The fraction of sp³-hybridized carbons (Fsp3) is 0.500. The Balaban J connectivity index is 2.82. The number of nitrogens with zero attached hydrogens (tertiary/aromatic N) is 4. The van der Waals surface area contributed by atoms with Crippen molar-refractivity contribution in [3.63, 3.8) is 0 Å². The van der Waals surface area contributed by atoms with Gasteiger partial charge in [-0.2, -0.15) is 10.2 Å². The summed E-state index contributed by atoms with van der Waals surface area (Å²) in [4.78, 5) is 10.00. The molecule has 1 aromatic rings. The second-order valence-electron chi connectivity index (χ2n) is 3.64. The van der Waals surface area contributed by atoms with Crippen LogP contribution in [-0.2, 0) is 0 Å². The lowest BCUT2D eigenvalue weighted by Gasteiger charge is -2.19. The van der Waals surface area contributed by atoms with Gasteiger partial charge in [-0.25, -0.2) is 4.98 Å². The molecule has 0 aromatic carbocycles. The quantitative estimate of drug-likeness (QED) is 0.795. The van der Waals surface area contributed by atoms with Crippen molar-refractivity contribution < 1.29 is 0 Å². The number of hydrogen-bond acceptors (Lipinski definition) is 5. The van der Waals surface area contributed by atoms with Crippen molar-refractivity contribution in [2.24, 2.45) is 5.92 Å². The monoisotopic (exact) mass is 205 g/mol. The minimum atomic E-state index is -0.0357. The van der Waals surface area contributed by atoms with Crippen LogP contribution in [0.5, 0.6) is 0 Å². The molecule has 0 aliphatic heterocycles. The summed E-state index contributed by atoms with van der Waals surface area (Å²) in [5.74, 6) is 0.982. The molecule has 5 nitrogen and oxygen atoms in total. The molecule has 1 rings (SSSR count). The smallest absolute Gasteiger partial charge is 0.222 e. The first-order valence-corrected chi connectivity index (χ1v) is 4.75. The molecule has 1 heterocycles. The summed E-state index contributed by atoms with van der Waals surface area (Å²) in [6.45, 7) is 4.36. The number of hydrogen-bond donors (Lipinski definition) is 1. The maximum absolute atomic E-state index is 8.71. The molecule has 1 aromatic heterocycles. The second kappa shape index (κ2) is 4.60. The molecule has 2 N–H and O–H groups in total. The van der Waals surface area contributed by atoms with Crippen molar-refractivity contribution in [2.45, 2.75) is 13.8 Å². The topological polar surface area (TPSA) is 78.8 Å². The first-order chi connectivity index (χ1) is 7.02. The summed E-state index contributed by atoms with van der Waals surface area (Å²) in [5, 5.41) is 8.71. The molecule has 1 atom stereocenters. The van der Waals surface area contributed by atoms with Crippen molar-refractivity contribution >= 4 is 11.8 Å². The van der Waals surface area contributed by atoms with E-state index in [-0.39, 0.29) is 11.9 Å².